The van der Waals surface area contributed by atoms with Gasteiger partial charge in [-0.2, -0.15) is 0 Å². The van der Waals surface area contributed by atoms with Gasteiger partial charge in [0.05, 0.1) is 12.5 Å². The fourth-order valence-corrected chi connectivity index (χ4v) is 6.42. The van der Waals surface area contributed by atoms with Crippen LogP contribution >= 0.6 is 7.14 Å². The molecule has 1 unspecified atom stereocenters. The maximum atomic E-state index is 14.1. The Morgan fingerprint density at radius 2 is 1.67 bits per heavy atom. The predicted octanol–water partition coefficient (Wildman–Crippen LogP) is 3.28. The van der Waals surface area contributed by atoms with Gasteiger partial charge in [0.1, 0.15) is 7.14 Å². The van der Waals surface area contributed by atoms with Gasteiger partial charge in [-0.25, -0.2) is 0 Å². The summed E-state index contributed by atoms with van der Waals surface area (Å²) in [6, 6.07) is 19.5. The lowest BCUT2D eigenvalue weighted by molar-refractivity contribution is -0.149. The number of piperidine rings is 1. The molecule has 3 rings (SSSR count). The summed E-state index contributed by atoms with van der Waals surface area (Å²) < 4.78 is 19.3. The van der Waals surface area contributed by atoms with E-state index in [0.29, 0.717) is 19.3 Å². The molecule has 1 aliphatic heterocycles. The van der Waals surface area contributed by atoms with E-state index in [1.165, 1.54) is 0 Å². The SMILES string of the molecule is CCOC(=O)C1CCCN(CCP(=O)(c2ccccc2)c2ccccc2)C1. The molecule has 4 nitrogen and oxygen atoms in total. The second kappa shape index (κ2) is 9.34. The summed E-state index contributed by atoms with van der Waals surface area (Å²) in [4.78, 5) is 14.4. The molecule has 0 amide bonds. The van der Waals surface area contributed by atoms with Crippen LogP contribution in [0.2, 0.25) is 0 Å². The first kappa shape index (κ1) is 19.9. The Morgan fingerprint density at radius 1 is 1.07 bits per heavy atom. The minimum absolute atomic E-state index is 0.0634. The number of carbonyl (C=O) groups is 1. The third-order valence-electron chi connectivity index (χ3n) is 5.20. The molecule has 0 aliphatic carbocycles. The second-order valence-corrected chi connectivity index (χ2v) is 9.99. The van der Waals surface area contributed by atoms with Gasteiger partial charge in [-0.3, -0.25) is 4.79 Å². The van der Waals surface area contributed by atoms with Gasteiger partial charge in [0.2, 0.25) is 0 Å². The molecular formula is C22H28NO3P. The molecule has 2 aromatic carbocycles. The number of hydrogen-bond donors (Lipinski definition) is 0. The molecule has 0 saturated carbocycles. The van der Waals surface area contributed by atoms with Crippen molar-refractivity contribution in [3.05, 3.63) is 60.7 Å². The van der Waals surface area contributed by atoms with E-state index < -0.39 is 7.14 Å². The maximum Gasteiger partial charge on any atom is 0.310 e. The van der Waals surface area contributed by atoms with Crippen LogP contribution in [0.5, 0.6) is 0 Å². The Labute approximate surface area is 161 Å². The largest absolute Gasteiger partial charge is 0.466 e. The molecule has 2 aromatic rings. The molecule has 27 heavy (non-hydrogen) atoms. The van der Waals surface area contributed by atoms with Crippen LogP contribution in [0.4, 0.5) is 0 Å². The lowest BCUT2D eigenvalue weighted by Crippen LogP contribution is -2.41. The van der Waals surface area contributed by atoms with Crippen molar-refractivity contribution < 1.29 is 14.1 Å². The quantitative estimate of drug-likeness (QED) is 0.542. The van der Waals surface area contributed by atoms with Gasteiger partial charge in [-0.15, -0.1) is 0 Å². The number of hydrogen-bond acceptors (Lipinski definition) is 4. The Bertz CT molecular complexity index is 735. The molecular weight excluding hydrogens is 357 g/mol. The average Bonchev–Trinajstić information content (AvgIpc) is 2.74. The van der Waals surface area contributed by atoms with Crippen LogP contribution in [0, 0.1) is 5.92 Å². The van der Waals surface area contributed by atoms with Crippen LogP contribution in [-0.4, -0.2) is 43.3 Å². The summed E-state index contributed by atoms with van der Waals surface area (Å²) in [6.07, 6.45) is 2.44. The standard InChI is InChI=1S/C22H28NO3P/c1-2-26-22(24)19-10-9-15-23(18-19)16-17-27(25,20-11-5-3-6-12-20)21-13-7-4-8-14-21/h3-8,11-14,19H,2,9-10,15-18H2,1H3. The van der Waals surface area contributed by atoms with Gasteiger partial charge in [-0.1, -0.05) is 60.7 Å². The van der Waals surface area contributed by atoms with Crippen molar-refractivity contribution in [2.24, 2.45) is 5.92 Å². The molecule has 0 bridgehead atoms. The van der Waals surface area contributed by atoms with Crippen molar-refractivity contribution in [2.45, 2.75) is 19.8 Å². The maximum absolute atomic E-state index is 14.1. The Balaban J connectivity index is 1.74. The van der Waals surface area contributed by atoms with Gasteiger partial charge in [0.15, 0.2) is 0 Å². The van der Waals surface area contributed by atoms with Crippen molar-refractivity contribution >= 4 is 23.7 Å². The number of ether oxygens (including phenoxy) is 1. The first-order chi connectivity index (χ1) is 13.1. The van der Waals surface area contributed by atoms with Crippen LogP contribution in [0.1, 0.15) is 19.8 Å². The van der Waals surface area contributed by atoms with Crippen LogP contribution in [0.15, 0.2) is 60.7 Å². The first-order valence-electron chi connectivity index (χ1n) is 9.73. The lowest BCUT2D eigenvalue weighted by atomic mass is 9.98. The minimum Gasteiger partial charge on any atom is -0.466 e. The Hall–Kier alpha value is -1.90. The topological polar surface area (TPSA) is 46.6 Å². The van der Waals surface area contributed by atoms with E-state index in [4.69, 9.17) is 4.74 Å². The highest BCUT2D eigenvalue weighted by molar-refractivity contribution is 7.78. The van der Waals surface area contributed by atoms with E-state index >= 15 is 0 Å². The number of benzene rings is 2. The molecule has 1 aliphatic rings. The van der Waals surface area contributed by atoms with Gasteiger partial charge in [0.25, 0.3) is 0 Å². The van der Waals surface area contributed by atoms with E-state index in [1.807, 2.05) is 67.6 Å². The number of carbonyl (C=O) groups excluding carboxylic acids is 1. The number of rotatable bonds is 7. The number of esters is 1. The molecule has 1 heterocycles. The molecule has 5 heteroatoms. The van der Waals surface area contributed by atoms with Crippen molar-refractivity contribution in [2.75, 3.05) is 32.4 Å². The van der Waals surface area contributed by atoms with Crippen LogP contribution in [-0.2, 0) is 14.1 Å². The lowest BCUT2D eigenvalue weighted by Gasteiger charge is -2.32. The van der Waals surface area contributed by atoms with Crippen LogP contribution < -0.4 is 10.6 Å². The summed E-state index contributed by atoms with van der Waals surface area (Å²) >= 11 is 0. The third kappa shape index (κ3) is 4.88. The highest BCUT2D eigenvalue weighted by atomic mass is 31.2. The Morgan fingerprint density at radius 3 is 2.22 bits per heavy atom. The van der Waals surface area contributed by atoms with E-state index in [9.17, 15) is 9.36 Å². The van der Waals surface area contributed by atoms with Crippen LogP contribution in [0.3, 0.4) is 0 Å². The van der Waals surface area contributed by atoms with Gasteiger partial charge in [-0.05, 0) is 26.3 Å². The minimum atomic E-state index is -2.70. The Kier molecular flexibility index (Phi) is 6.87. The highest BCUT2D eigenvalue weighted by Gasteiger charge is 2.31. The highest BCUT2D eigenvalue weighted by Crippen LogP contribution is 2.43. The van der Waals surface area contributed by atoms with Crippen molar-refractivity contribution in [3.8, 4) is 0 Å². The molecule has 1 saturated heterocycles. The predicted molar refractivity (Wildman–Crippen MR) is 110 cm³/mol. The van der Waals surface area contributed by atoms with Crippen molar-refractivity contribution in [1.82, 2.24) is 4.90 Å². The fraction of sp³-hybridized carbons (Fsp3) is 0.409. The van der Waals surface area contributed by atoms with Gasteiger partial charge >= 0.3 is 5.97 Å². The van der Waals surface area contributed by atoms with Crippen LogP contribution in [0.25, 0.3) is 0 Å². The molecule has 0 aromatic heterocycles. The molecule has 1 atom stereocenters. The summed E-state index contributed by atoms with van der Waals surface area (Å²) in [5.41, 5.74) is 0. The smallest absolute Gasteiger partial charge is 0.310 e. The summed E-state index contributed by atoms with van der Waals surface area (Å²) in [5.74, 6) is -0.164. The molecule has 0 N–H and O–H groups in total. The van der Waals surface area contributed by atoms with E-state index in [0.717, 1.165) is 36.5 Å². The molecule has 0 radical (unpaired) electrons. The van der Waals surface area contributed by atoms with E-state index in [2.05, 4.69) is 4.90 Å². The zero-order valence-corrected chi connectivity index (χ0v) is 16.8. The van der Waals surface area contributed by atoms with Crippen molar-refractivity contribution in [3.63, 3.8) is 0 Å². The summed E-state index contributed by atoms with van der Waals surface area (Å²) in [7, 11) is -2.70. The van der Waals surface area contributed by atoms with Gasteiger partial charge in [0, 0.05) is 29.9 Å². The normalized spacial score (nSPS) is 18.2. The monoisotopic (exact) mass is 385 g/mol. The zero-order chi connectivity index (χ0) is 19.1. The first-order valence-corrected chi connectivity index (χ1v) is 11.6. The molecule has 0 spiro atoms. The summed E-state index contributed by atoms with van der Waals surface area (Å²) in [5, 5.41) is 1.80. The molecule has 144 valence electrons. The van der Waals surface area contributed by atoms with E-state index in [1.54, 1.807) is 0 Å². The van der Waals surface area contributed by atoms with E-state index in [-0.39, 0.29) is 11.9 Å². The second-order valence-electron chi connectivity index (χ2n) is 7.03. The number of likely N-dealkylation sites (tertiary alicyclic amines) is 1. The summed E-state index contributed by atoms with van der Waals surface area (Å²) in [6.45, 7) is 4.62. The third-order valence-corrected chi connectivity index (χ3v) is 8.30. The number of nitrogens with zero attached hydrogens (tertiary/aromatic N) is 1. The van der Waals surface area contributed by atoms with Crippen molar-refractivity contribution in [1.29, 1.82) is 0 Å². The fourth-order valence-electron chi connectivity index (χ4n) is 3.74. The molecule has 1 fully saturated rings. The van der Waals surface area contributed by atoms with Gasteiger partial charge < -0.3 is 14.2 Å². The zero-order valence-electron chi connectivity index (χ0n) is 15.9. The average molecular weight is 385 g/mol.